The number of hydrogen-bond acceptors (Lipinski definition) is 3. The number of aromatic nitrogens is 2. The minimum absolute atomic E-state index is 0.143. The van der Waals surface area contributed by atoms with Gasteiger partial charge in [0.25, 0.3) is 0 Å². The summed E-state index contributed by atoms with van der Waals surface area (Å²) in [6, 6.07) is -0.572. The Balaban J connectivity index is 2.51. The Bertz CT molecular complexity index is 567. The number of nitrogens with zero attached hydrogens (tertiary/aromatic N) is 3. The Morgan fingerprint density at radius 3 is 2.48 bits per heavy atom. The van der Waals surface area contributed by atoms with E-state index in [1.807, 2.05) is 14.0 Å². The van der Waals surface area contributed by atoms with Crippen molar-refractivity contribution in [2.24, 2.45) is 7.05 Å². The van der Waals surface area contributed by atoms with Crippen molar-refractivity contribution < 1.29 is 9.59 Å². The molecule has 6 heteroatoms. The minimum atomic E-state index is -0.572. The molecule has 0 aromatic carbocycles. The molecule has 1 aromatic rings. The van der Waals surface area contributed by atoms with Crippen LogP contribution in [-0.4, -0.2) is 45.6 Å². The van der Waals surface area contributed by atoms with Crippen LogP contribution >= 0.6 is 0 Å². The molecule has 1 rings (SSSR count). The number of amides is 2. The van der Waals surface area contributed by atoms with Crippen LogP contribution in [0.3, 0.4) is 0 Å². The van der Waals surface area contributed by atoms with E-state index in [2.05, 4.69) is 23.6 Å². The molecule has 0 aliphatic rings. The van der Waals surface area contributed by atoms with Crippen LogP contribution in [-0.2, 0) is 23.1 Å². The average molecular weight is 318 g/mol. The number of carbonyl (C=O) groups is 2. The van der Waals surface area contributed by atoms with Crippen molar-refractivity contribution in [2.75, 3.05) is 13.1 Å². The zero-order valence-corrected chi connectivity index (χ0v) is 14.2. The number of aryl methyl sites for hydroxylation is 2. The molecule has 0 aliphatic heterocycles. The quantitative estimate of drug-likeness (QED) is 0.699. The zero-order valence-electron chi connectivity index (χ0n) is 14.2. The van der Waals surface area contributed by atoms with E-state index in [9.17, 15) is 9.59 Å². The Morgan fingerprint density at radius 2 is 2.00 bits per heavy atom. The predicted molar refractivity (Wildman–Crippen MR) is 90.8 cm³/mol. The summed E-state index contributed by atoms with van der Waals surface area (Å²) in [5.41, 5.74) is 2.09. The molecule has 1 unspecified atom stereocenters. The van der Waals surface area contributed by atoms with Gasteiger partial charge >= 0.3 is 0 Å². The monoisotopic (exact) mass is 318 g/mol. The molecular formula is C17H26N4O2. The summed E-state index contributed by atoms with van der Waals surface area (Å²) in [4.78, 5) is 25.9. The van der Waals surface area contributed by atoms with Gasteiger partial charge in [0.1, 0.15) is 6.04 Å². The summed E-state index contributed by atoms with van der Waals surface area (Å²) in [5, 5.41) is 6.90. The molecule has 0 fully saturated rings. The van der Waals surface area contributed by atoms with E-state index in [1.54, 1.807) is 34.9 Å². The third kappa shape index (κ3) is 5.39. The van der Waals surface area contributed by atoms with E-state index in [0.29, 0.717) is 25.9 Å². The second-order valence-corrected chi connectivity index (χ2v) is 5.49. The summed E-state index contributed by atoms with van der Waals surface area (Å²) < 4.78 is 1.78. The fourth-order valence-electron chi connectivity index (χ4n) is 2.25. The molecule has 0 radical (unpaired) electrons. The molecule has 2 amide bonds. The van der Waals surface area contributed by atoms with Gasteiger partial charge in [0.15, 0.2) is 0 Å². The maximum atomic E-state index is 12.3. The highest BCUT2D eigenvalue weighted by molar-refractivity contribution is 5.87. The minimum Gasteiger partial charge on any atom is -0.345 e. The second kappa shape index (κ2) is 8.92. The van der Waals surface area contributed by atoms with Gasteiger partial charge in [0.05, 0.1) is 6.20 Å². The first-order valence-electron chi connectivity index (χ1n) is 7.68. The SMILES string of the molecule is C=CCN(CC=C)C(=O)C(C)NC(=O)CCc1cnn(C)c1C. The smallest absolute Gasteiger partial charge is 0.245 e. The first-order valence-corrected chi connectivity index (χ1v) is 7.68. The molecule has 6 nitrogen and oxygen atoms in total. The van der Waals surface area contributed by atoms with Gasteiger partial charge in [0.2, 0.25) is 11.8 Å². The third-order valence-corrected chi connectivity index (χ3v) is 3.72. The van der Waals surface area contributed by atoms with E-state index in [0.717, 1.165) is 11.3 Å². The first-order chi connectivity index (χ1) is 10.9. The number of hydrogen-bond donors (Lipinski definition) is 1. The van der Waals surface area contributed by atoms with E-state index in [1.165, 1.54) is 0 Å². The lowest BCUT2D eigenvalue weighted by Crippen LogP contribution is -2.47. The normalized spacial score (nSPS) is 11.6. The summed E-state index contributed by atoms with van der Waals surface area (Å²) >= 11 is 0. The molecule has 1 aromatic heterocycles. The summed E-state index contributed by atoms with van der Waals surface area (Å²) in [6.07, 6.45) is 6.01. The van der Waals surface area contributed by atoms with Gasteiger partial charge in [-0.1, -0.05) is 12.2 Å². The van der Waals surface area contributed by atoms with Gasteiger partial charge in [0, 0.05) is 32.3 Å². The van der Waals surface area contributed by atoms with Gasteiger partial charge in [-0.15, -0.1) is 13.2 Å². The molecule has 0 saturated heterocycles. The highest BCUT2D eigenvalue weighted by atomic mass is 16.2. The maximum absolute atomic E-state index is 12.3. The zero-order chi connectivity index (χ0) is 17.4. The van der Waals surface area contributed by atoms with E-state index in [-0.39, 0.29) is 11.8 Å². The molecule has 1 atom stereocenters. The third-order valence-electron chi connectivity index (χ3n) is 3.72. The molecule has 0 aliphatic carbocycles. The van der Waals surface area contributed by atoms with Gasteiger partial charge in [-0.25, -0.2) is 0 Å². The van der Waals surface area contributed by atoms with Gasteiger partial charge in [-0.2, -0.15) is 5.10 Å². The Hall–Kier alpha value is -2.37. The fourth-order valence-corrected chi connectivity index (χ4v) is 2.25. The van der Waals surface area contributed by atoms with Crippen molar-refractivity contribution in [3.8, 4) is 0 Å². The van der Waals surface area contributed by atoms with Crippen molar-refractivity contribution in [3.05, 3.63) is 42.8 Å². The summed E-state index contributed by atoms with van der Waals surface area (Å²) in [5.74, 6) is -0.290. The van der Waals surface area contributed by atoms with Crippen molar-refractivity contribution in [1.82, 2.24) is 20.0 Å². The van der Waals surface area contributed by atoms with Gasteiger partial charge < -0.3 is 10.2 Å². The molecule has 0 bridgehead atoms. The van der Waals surface area contributed by atoms with Gasteiger partial charge in [-0.3, -0.25) is 14.3 Å². The number of nitrogens with one attached hydrogen (secondary N) is 1. The van der Waals surface area contributed by atoms with Crippen LogP contribution in [0.5, 0.6) is 0 Å². The highest BCUT2D eigenvalue weighted by Crippen LogP contribution is 2.08. The molecule has 0 saturated carbocycles. The molecule has 23 heavy (non-hydrogen) atoms. The Morgan fingerprint density at radius 1 is 1.39 bits per heavy atom. The van der Waals surface area contributed by atoms with Crippen molar-refractivity contribution >= 4 is 11.8 Å². The summed E-state index contributed by atoms with van der Waals surface area (Å²) in [7, 11) is 1.87. The molecule has 1 N–H and O–H groups in total. The van der Waals surface area contributed by atoms with Crippen LogP contribution in [0.2, 0.25) is 0 Å². The fraction of sp³-hybridized carbons (Fsp3) is 0.471. The van der Waals surface area contributed by atoms with E-state index >= 15 is 0 Å². The van der Waals surface area contributed by atoms with Crippen LogP contribution in [0.1, 0.15) is 24.6 Å². The second-order valence-electron chi connectivity index (χ2n) is 5.49. The lowest BCUT2D eigenvalue weighted by atomic mass is 10.1. The number of carbonyl (C=O) groups excluding carboxylic acids is 2. The summed E-state index contributed by atoms with van der Waals surface area (Å²) in [6.45, 7) is 11.8. The van der Waals surface area contributed by atoms with Crippen molar-refractivity contribution in [2.45, 2.75) is 32.7 Å². The van der Waals surface area contributed by atoms with E-state index in [4.69, 9.17) is 0 Å². The maximum Gasteiger partial charge on any atom is 0.245 e. The molecular weight excluding hydrogens is 292 g/mol. The molecule has 0 spiro atoms. The van der Waals surface area contributed by atoms with Crippen LogP contribution in [0, 0.1) is 6.92 Å². The molecule has 1 heterocycles. The van der Waals surface area contributed by atoms with Crippen molar-refractivity contribution in [3.63, 3.8) is 0 Å². The largest absolute Gasteiger partial charge is 0.345 e. The van der Waals surface area contributed by atoms with Crippen LogP contribution in [0.25, 0.3) is 0 Å². The standard InChI is InChI=1S/C17H26N4O2/c1-6-10-21(11-7-2)17(23)13(3)19-16(22)9-8-15-12-18-20(5)14(15)4/h6-7,12-13H,1-2,8-11H2,3-5H3,(H,19,22). The average Bonchev–Trinajstić information content (AvgIpc) is 2.83. The first kappa shape index (κ1) is 18.7. The van der Waals surface area contributed by atoms with Gasteiger partial charge in [-0.05, 0) is 25.8 Å². The van der Waals surface area contributed by atoms with Crippen LogP contribution < -0.4 is 5.32 Å². The lowest BCUT2D eigenvalue weighted by Gasteiger charge is -2.23. The van der Waals surface area contributed by atoms with E-state index < -0.39 is 6.04 Å². The number of rotatable bonds is 9. The lowest BCUT2D eigenvalue weighted by molar-refractivity contribution is -0.135. The Labute approximate surface area is 137 Å². The molecule has 126 valence electrons. The van der Waals surface area contributed by atoms with Crippen LogP contribution in [0.4, 0.5) is 0 Å². The van der Waals surface area contributed by atoms with Crippen molar-refractivity contribution in [1.29, 1.82) is 0 Å². The Kier molecular flexibility index (Phi) is 7.25. The topological polar surface area (TPSA) is 67.2 Å². The highest BCUT2D eigenvalue weighted by Gasteiger charge is 2.20. The predicted octanol–water partition coefficient (Wildman–Crippen LogP) is 1.37. The van der Waals surface area contributed by atoms with Crippen LogP contribution in [0.15, 0.2) is 31.5 Å².